The molecule has 3 unspecified atom stereocenters. The highest BCUT2D eigenvalue weighted by atomic mass is 16.5. The molecule has 0 aromatic heterocycles. The van der Waals surface area contributed by atoms with Gasteiger partial charge in [-0.3, -0.25) is 4.90 Å². The summed E-state index contributed by atoms with van der Waals surface area (Å²) in [6.45, 7) is 10.8. The predicted octanol–water partition coefficient (Wildman–Crippen LogP) is 1.60. The molecule has 2 amide bonds. The van der Waals surface area contributed by atoms with Crippen molar-refractivity contribution in [3.05, 3.63) is 12.2 Å². The van der Waals surface area contributed by atoms with Gasteiger partial charge in [-0.05, 0) is 32.6 Å². The van der Waals surface area contributed by atoms with Gasteiger partial charge in [-0.2, -0.15) is 0 Å². The lowest BCUT2D eigenvalue weighted by Gasteiger charge is -2.41. The molecule has 0 bridgehead atoms. The second-order valence-corrected chi connectivity index (χ2v) is 7.95. The first kappa shape index (κ1) is 18.7. The van der Waals surface area contributed by atoms with Gasteiger partial charge in [0, 0.05) is 38.1 Å². The van der Waals surface area contributed by atoms with Gasteiger partial charge in [0.05, 0.1) is 25.4 Å². The standard InChI is InChI=1S/C19H33N3O3/c1-14(2)12-21-8-6-15(7-9-21)20-19(24)22-10-11-25-13-17(22)16-4-3-5-18(16)23/h15-18,23H,1,3-13H2,2H3,(H,20,24). The van der Waals surface area contributed by atoms with Crippen LogP contribution in [0.25, 0.3) is 0 Å². The van der Waals surface area contributed by atoms with E-state index >= 15 is 0 Å². The van der Waals surface area contributed by atoms with E-state index in [1.54, 1.807) is 0 Å². The Kier molecular flexibility index (Phi) is 6.36. The molecule has 2 N–H and O–H groups in total. The minimum absolute atomic E-state index is 0.00903. The van der Waals surface area contributed by atoms with Crippen LogP contribution in [0, 0.1) is 5.92 Å². The van der Waals surface area contributed by atoms with E-state index in [0.717, 1.165) is 51.7 Å². The molecule has 0 spiro atoms. The molecule has 1 saturated carbocycles. The molecule has 3 aliphatic rings. The van der Waals surface area contributed by atoms with Crippen molar-refractivity contribution in [1.29, 1.82) is 0 Å². The number of nitrogens with zero attached hydrogens (tertiary/aromatic N) is 2. The Morgan fingerprint density at radius 2 is 2.00 bits per heavy atom. The zero-order valence-corrected chi connectivity index (χ0v) is 15.5. The smallest absolute Gasteiger partial charge is 0.318 e. The van der Waals surface area contributed by atoms with Crippen molar-refractivity contribution in [2.45, 2.75) is 57.2 Å². The molecule has 0 aromatic rings. The molecule has 142 valence electrons. The fourth-order valence-corrected chi connectivity index (χ4v) is 4.52. The molecule has 3 rings (SSSR count). The number of likely N-dealkylation sites (tertiary alicyclic amines) is 1. The molecule has 2 aliphatic heterocycles. The third-order valence-electron chi connectivity index (χ3n) is 5.86. The van der Waals surface area contributed by atoms with Crippen molar-refractivity contribution < 1.29 is 14.6 Å². The molecule has 2 heterocycles. The first-order chi connectivity index (χ1) is 12.0. The highest BCUT2D eigenvalue weighted by Gasteiger charge is 2.40. The van der Waals surface area contributed by atoms with E-state index < -0.39 is 0 Å². The summed E-state index contributed by atoms with van der Waals surface area (Å²) in [6.07, 6.45) is 4.54. The summed E-state index contributed by atoms with van der Waals surface area (Å²) in [5.41, 5.74) is 1.19. The number of urea groups is 1. The van der Waals surface area contributed by atoms with Crippen molar-refractivity contribution >= 4 is 6.03 Å². The normalized spacial score (nSPS) is 31.9. The maximum atomic E-state index is 12.8. The highest BCUT2D eigenvalue weighted by Crippen LogP contribution is 2.32. The number of aliphatic hydroxyl groups is 1. The number of hydrogen-bond donors (Lipinski definition) is 2. The summed E-state index contributed by atoms with van der Waals surface area (Å²) in [7, 11) is 0. The molecule has 6 nitrogen and oxygen atoms in total. The molecular weight excluding hydrogens is 318 g/mol. The van der Waals surface area contributed by atoms with E-state index in [1.165, 1.54) is 5.57 Å². The van der Waals surface area contributed by atoms with Crippen molar-refractivity contribution in [2.75, 3.05) is 39.4 Å². The van der Waals surface area contributed by atoms with E-state index in [-0.39, 0.29) is 30.1 Å². The third-order valence-corrected chi connectivity index (χ3v) is 5.86. The quantitative estimate of drug-likeness (QED) is 0.755. The molecule has 3 atom stereocenters. The minimum atomic E-state index is -0.299. The Balaban J connectivity index is 1.52. The summed E-state index contributed by atoms with van der Waals surface area (Å²) < 4.78 is 5.62. The second-order valence-electron chi connectivity index (χ2n) is 7.95. The zero-order valence-electron chi connectivity index (χ0n) is 15.5. The molecule has 1 aliphatic carbocycles. The summed E-state index contributed by atoms with van der Waals surface area (Å²) in [5.74, 6) is 0.156. The average molecular weight is 351 g/mol. The van der Waals surface area contributed by atoms with Crippen LogP contribution in [0.3, 0.4) is 0 Å². The lowest BCUT2D eigenvalue weighted by Crippen LogP contribution is -2.58. The number of nitrogens with one attached hydrogen (secondary N) is 1. The Hall–Kier alpha value is -1.11. The van der Waals surface area contributed by atoms with E-state index in [1.807, 2.05) is 4.90 Å². The second kappa shape index (κ2) is 8.52. The van der Waals surface area contributed by atoms with Gasteiger partial charge in [-0.15, -0.1) is 0 Å². The lowest BCUT2D eigenvalue weighted by atomic mass is 9.94. The fraction of sp³-hybridized carbons (Fsp3) is 0.842. The van der Waals surface area contributed by atoms with Crippen molar-refractivity contribution in [3.63, 3.8) is 0 Å². The minimum Gasteiger partial charge on any atom is -0.393 e. The lowest BCUT2D eigenvalue weighted by molar-refractivity contribution is -0.0315. The molecule has 6 heteroatoms. The Morgan fingerprint density at radius 3 is 2.64 bits per heavy atom. The number of hydrogen-bond acceptors (Lipinski definition) is 4. The molecule has 0 radical (unpaired) electrons. The third kappa shape index (κ3) is 4.74. The van der Waals surface area contributed by atoms with Crippen LogP contribution >= 0.6 is 0 Å². The van der Waals surface area contributed by atoms with Gasteiger partial charge >= 0.3 is 6.03 Å². The van der Waals surface area contributed by atoms with Crippen LogP contribution < -0.4 is 5.32 Å². The van der Waals surface area contributed by atoms with E-state index in [2.05, 4.69) is 23.7 Å². The van der Waals surface area contributed by atoms with Crippen LogP contribution in [-0.2, 0) is 4.74 Å². The number of rotatable bonds is 4. The van der Waals surface area contributed by atoms with Crippen LogP contribution in [0.5, 0.6) is 0 Å². The zero-order chi connectivity index (χ0) is 17.8. The summed E-state index contributed by atoms with van der Waals surface area (Å²) in [4.78, 5) is 17.2. The van der Waals surface area contributed by atoms with Gasteiger partial charge in [-0.25, -0.2) is 4.79 Å². The van der Waals surface area contributed by atoms with E-state index in [4.69, 9.17) is 4.74 Å². The highest BCUT2D eigenvalue weighted by molar-refractivity contribution is 5.75. The summed E-state index contributed by atoms with van der Waals surface area (Å²) in [5, 5.41) is 13.5. The Labute approximate surface area is 151 Å². The molecule has 0 aromatic carbocycles. The Bertz CT molecular complexity index is 477. The summed E-state index contributed by atoms with van der Waals surface area (Å²) >= 11 is 0. The van der Waals surface area contributed by atoms with E-state index in [9.17, 15) is 9.90 Å². The predicted molar refractivity (Wildman–Crippen MR) is 97.5 cm³/mol. The van der Waals surface area contributed by atoms with Crippen molar-refractivity contribution in [2.24, 2.45) is 5.92 Å². The molecular formula is C19H33N3O3. The first-order valence-electron chi connectivity index (χ1n) is 9.74. The monoisotopic (exact) mass is 351 g/mol. The van der Waals surface area contributed by atoms with Crippen LogP contribution in [-0.4, -0.2) is 78.5 Å². The SMILES string of the molecule is C=C(C)CN1CCC(NC(=O)N2CCOCC2C2CCCC2O)CC1. The molecule has 3 fully saturated rings. The Morgan fingerprint density at radius 1 is 1.24 bits per heavy atom. The van der Waals surface area contributed by atoms with Crippen LogP contribution in [0.2, 0.25) is 0 Å². The first-order valence-corrected chi connectivity index (χ1v) is 9.74. The maximum absolute atomic E-state index is 12.8. The summed E-state index contributed by atoms with van der Waals surface area (Å²) in [6, 6.07) is 0.270. The maximum Gasteiger partial charge on any atom is 0.318 e. The number of aliphatic hydroxyl groups excluding tert-OH is 1. The average Bonchev–Trinajstić information content (AvgIpc) is 3.02. The number of carbonyl (C=O) groups excluding carboxylic acids is 1. The topological polar surface area (TPSA) is 65.0 Å². The van der Waals surface area contributed by atoms with Crippen LogP contribution in [0.1, 0.15) is 39.0 Å². The van der Waals surface area contributed by atoms with Gasteiger partial charge in [0.1, 0.15) is 0 Å². The van der Waals surface area contributed by atoms with Gasteiger partial charge in [0.2, 0.25) is 0 Å². The van der Waals surface area contributed by atoms with Crippen molar-refractivity contribution in [3.8, 4) is 0 Å². The van der Waals surface area contributed by atoms with Gasteiger partial charge in [-0.1, -0.05) is 18.6 Å². The van der Waals surface area contributed by atoms with Crippen LogP contribution in [0.15, 0.2) is 12.2 Å². The van der Waals surface area contributed by atoms with Crippen molar-refractivity contribution in [1.82, 2.24) is 15.1 Å². The van der Waals surface area contributed by atoms with Crippen LogP contribution in [0.4, 0.5) is 4.79 Å². The number of ether oxygens (including phenoxy) is 1. The van der Waals surface area contributed by atoms with E-state index in [0.29, 0.717) is 19.8 Å². The van der Waals surface area contributed by atoms with Gasteiger partial charge in [0.25, 0.3) is 0 Å². The largest absolute Gasteiger partial charge is 0.393 e. The molecule has 2 saturated heterocycles. The number of morpholine rings is 1. The number of amides is 2. The fourth-order valence-electron chi connectivity index (χ4n) is 4.52. The van der Waals surface area contributed by atoms with Gasteiger partial charge < -0.3 is 20.1 Å². The number of piperidine rings is 1. The number of carbonyl (C=O) groups is 1. The molecule has 25 heavy (non-hydrogen) atoms. The van der Waals surface area contributed by atoms with Gasteiger partial charge in [0.15, 0.2) is 0 Å².